The number of ether oxygens (including phenoxy) is 1. The molecule has 1 aliphatic heterocycles. The second kappa shape index (κ2) is 7.34. The molecule has 0 N–H and O–H groups in total. The molecule has 4 rings (SSSR count). The van der Waals surface area contributed by atoms with Crippen molar-refractivity contribution in [2.45, 2.75) is 70.8 Å². The largest absolute Gasteiger partial charge is 0.368 e. The van der Waals surface area contributed by atoms with Gasteiger partial charge in [-0.15, -0.1) is 0 Å². The Kier molecular flexibility index (Phi) is 5.13. The van der Waals surface area contributed by atoms with Crippen LogP contribution in [0.5, 0.6) is 0 Å². The third-order valence-corrected chi connectivity index (χ3v) is 7.09. The lowest BCUT2D eigenvalue weighted by Gasteiger charge is -2.21. The third-order valence-electron chi connectivity index (χ3n) is 7.09. The molecule has 0 spiro atoms. The highest BCUT2D eigenvalue weighted by atomic mass is 19.2. The highest BCUT2D eigenvalue weighted by Crippen LogP contribution is 2.53. The predicted octanol–water partition coefficient (Wildman–Crippen LogP) is 6.21. The summed E-state index contributed by atoms with van der Waals surface area (Å²) in [5.41, 5.74) is 0.933. The molecule has 5 atom stereocenters. The van der Waals surface area contributed by atoms with Crippen LogP contribution in [0.15, 0.2) is 12.1 Å². The minimum atomic E-state index is -0.690. The SMILES string of the molecule is CCCCC1CCC2C(CCc3ccc(C4CO4)c(F)c3F)CCC12. The highest BCUT2D eigenvalue weighted by molar-refractivity contribution is 5.29. The molecule has 25 heavy (non-hydrogen) atoms. The molecule has 1 heterocycles. The summed E-state index contributed by atoms with van der Waals surface area (Å²) in [6, 6.07) is 3.50. The van der Waals surface area contributed by atoms with Crippen molar-refractivity contribution in [3.8, 4) is 0 Å². The maximum absolute atomic E-state index is 14.4. The topological polar surface area (TPSA) is 12.5 Å². The van der Waals surface area contributed by atoms with Crippen LogP contribution >= 0.6 is 0 Å². The summed E-state index contributed by atoms with van der Waals surface area (Å²) >= 11 is 0. The van der Waals surface area contributed by atoms with Crippen LogP contribution in [0.1, 0.15) is 75.5 Å². The van der Waals surface area contributed by atoms with Gasteiger partial charge in [-0.05, 0) is 67.8 Å². The van der Waals surface area contributed by atoms with Crippen LogP contribution in [0.3, 0.4) is 0 Å². The third kappa shape index (κ3) is 3.49. The smallest absolute Gasteiger partial charge is 0.164 e. The molecule has 1 aromatic carbocycles. The lowest BCUT2D eigenvalue weighted by atomic mass is 9.84. The minimum Gasteiger partial charge on any atom is -0.368 e. The monoisotopic (exact) mass is 348 g/mol. The molecule has 3 heteroatoms. The van der Waals surface area contributed by atoms with E-state index >= 15 is 0 Å². The molecule has 1 saturated heterocycles. The van der Waals surface area contributed by atoms with E-state index in [0.29, 0.717) is 30.1 Å². The van der Waals surface area contributed by atoms with Gasteiger partial charge in [0.05, 0.1) is 6.61 Å². The second-order valence-electron chi connectivity index (χ2n) is 8.45. The van der Waals surface area contributed by atoms with E-state index in [9.17, 15) is 8.78 Å². The highest BCUT2D eigenvalue weighted by Gasteiger charge is 2.43. The number of epoxide rings is 1. The standard InChI is InChI=1S/C22H30F2O/c1-2-3-4-14-7-10-18-15(8-11-17(14)18)5-6-16-9-12-19(20-13-25-20)22(24)21(16)23/h9,12,14-15,17-18,20H,2-8,10-11,13H2,1H3. The second-order valence-corrected chi connectivity index (χ2v) is 8.45. The van der Waals surface area contributed by atoms with Crippen molar-refractivity contribution in [2.24, 2.45) is 23.7 Å². The maximum Gasteiger partial charge on any atom is 0.164 e. The molecule has 5 unspecified atom stereocenters. The van der Waals surface area contributed by atoms with Crippen molar-refractivity contribution in [1.82, 2.24) is 0 Å². The number of hydrogen-bond acceptors (Lipinski definition) is 1. The van der Waals surface area contributed by atoms with Crippen LogP contribution in [0, 0.1) is 35.3 Å². The summed E-state index contributed by atoms with van der Waals surface area (Å²) in [4.78, 5) is 0. The molecule has 0 radical (unpaired) electrons. The number of aryl methyl sites for hydroxylation is 1. The van der Waals surface area contributed by atoms with E-state index in [4.69, 9.17) is 4.74 Å². The molecular weight excluding hydrogens is 318 g/mol. The molecule has 3 fully saturated rings. The average Bonchev–Trinajstić information content (AvgIpc) is 3.25. The molecule has 2 aliphatic carbocycles. The van der Waals surface area contributed by atoms with E-state index in [1.165, 1.54) is 44.9 Å². The van der Waals surface area contributed by atoms with E-state index in [0.717, 1.165) is 24.2 Å². The van der Waals surface area contributed by atoms with E-state index < -0.39 is 11.6 Å². The van der Waals surface area contributed by atoms with Gasteiger partial charge in [-0.25, -0.2) is 8.78 Å². The Morgan fingerprint density at radius 2 is 1.64 bits per heavy atom. The first-order valence-corrected chi connectivity index (χ1v) is 10.3. The fourth-order valence-corrected chi connectivity index (χ4v) is 5.64. The Labute approximate surface area is 150 Å². The van der Waals surface area contributed by atoms with E-state index in [1.54, 1.807) is 12.1 Å². The van der Waals surface area contributed by atoms with Gasteiger partial charge in [-0.3, -0.25) is 0 Å². The van der Waals surface area contributed by atoms with Gasteiger partial charge < -0.3 is 4.74 Å². The first-order valence-electron chi connectivity index (χ1n) is 10.3. The molecule has 2 saturated carbocycles. The summed E-state index contributed by atoms with van der Waals surface area (Å²) in [5, 5.41) is 0. The number of hydrogen-bond donors (Lipinski definition) is 0. The van der Waals surface area contributed by atoms with Gasteiger partial charge in [-0.1, -0.05) is 38.3 Å². The van der Waals surface area contributed by atoms with Gasteiger partial charge in [0.2, 0.25) is 0 Å². The molecule has 3 aliphatic rings. The van der Waals surface area contributed by atoms with Crippen molar-refractivity contribution < 1.29 is 13.5 Å². The molecular formula is C22H30F2O. The van der Waals surface area contributed by atoms with Crippen LogP contribution in [0.25, 0.3) is 0 Å². The molecule has 0 amide bonds. The predicted molar refractivity (Wildman–Crippen MR) is 95.3 cm³/mol. The summed E-state index contributed by atoms with van der Waals surface area (Å²) in [6.07, 6.45) is 10.9. The van der Waals surface area contributed by atoms with Crippen molar-refractivity contribution in [3.05, 3.63) is 34.9 Å². The van der Waals surface area contributed by atoms with Crippen molar-refractivity contribution >= 4 is 0 Å². The minimum absolute atomic E-state index is 0.224. The number of rotatable bonds is 7. The van der Waals surface area contributed by atoms with Crippen molar-refractivity contribution in [3.63, 3.8) is 0 Å². The molecule has 0 bridgehead atoms. The van der Waals surface area contributed by atoms with Crippen molar-refractivity contribution in [2.75, 3.05) is 6.61 Å². The lowest BCUT2D eigenvalue weighted by Crippen LogP contribution is -2.14. The fraction of sp³-hybridized carbons (Fsp3) is 0.727. The Morgan fingerprint density at radius 3 is 2.28 bits per heavy atom. The number of fused-ring (bicyclic) bond motifs is 1. The Morgan fingerprint density at radius 1 is 0.960 bits per heavy atom. The number of unbranched alkanes of at least 4 members (excludes halogenated alkanes) is 1. The maximum atomic E-state index is 14.4. The van der Waals surface area contributed by atoms with Gasteiger partial charge in [0, 0.05) is 5.56 Å². The first-order chi connectivity index (χ1) is 12.2. The summed E-state index contributed by atoms with van der Waals surface area (Å²) in [7, 11) is 0. The molecule has 138 valence electrons. The zero-order chi connectivity index (χ0) is 17.4. The molecule has 0 aromatic heterocycles. The zero-order valence-corrected chi connectivity index (χ0v) is 15.3. The van der Waals surface area contributed by atoms with Gasteiger partial charge in [0.15, 0.2) is 11.6 Å². The van der Waals surface area contributed by atoms with Crippen LogP contribution in [-0.2, 0) is 11.2 Å². The van der Waals surface area contributed by atoms with E-state index in [2.05, 4.69) is 6.92 Å². The molecule has 1 nitrogen and oxygen atoms in total. The van der Waals surface area contributed by atoms with Gasteiger partial charge in [0.25, 0.3) is 0 Å². The Balaban J connectivity index is 1.35. The zero-order valence-electron chi connectivity index (χ0n) is 15.3. The lowest BCUT2D eigenvalue weighted by molar-refractivity contribution is 0.291. The van der Waals surface area contributed by atoms with Crippen molar-refractivity contribution in [1.29, 1.82) is 0 Å². The van der Waals surface area contributed by atoms with Gasteiger partial charge in [0.1, 0.15) is 6.10 Å². The number of halogens is 2. The summed E-state index contributed by atoms with van der Waals surface area (Å²) in [6.45, 7) is 2.79. The van der Waals surface area contributed by atoms with E-state index in [1.807, 2.05) is 0 Å². The Hall–Kier alpha value is -0.960. The number of benzene rings is 1. The van der Waals surface area contributed by atoms with Crippen LogP contribution in [-0.4, -0.2) is 6.61 Å². The van der Waals surface area contributed by atoms with E-state index in [-0.39, 0.29) is 6.10 Å². The summed E-state index contributed by atoms with van der Waals surface area (Å²) in [5.74, 6) is 2.06. The van der Waals surface area contributed by atoms with Crippen LogP contribution in [0.4, 0.5) is 8.78 Å². The van der Waals surface area contributed by atoms with Crippen LogP contribution in [0.2, 0.25) is 0 Å². The molecule has 1 aromatic rings. The summed E-state index contributed by atoms with van der Waals surface area (Å²) < 4.78 is 33.6. The Bertz CT molecular complexity index is 610. The first kappa shape index (κ1) is 17.5. The van der Waals surface area contributed by atoms with Crippen LogP contribution < -0.4 is 0 Å². The quantitative estimate of drug-likeness (QED) is 0.534. The normalized spacial score (nSPS) is 33.6. The van der Waals surface area contributed by atoms with Gasteiger partial charge >= 0.3 is 0 Å². The fourth-order valence-electron chi connectivity index (χ4n) is 5.64. The van der Waals surface area contributed by atoms with Gasteiger partial charge in [-0.2, -0.15) is 0 Å². The average molecular weight is 348 g/mol.